The van der Waals surface area contributed by atoms with Crippen LogP contribution in [0.4, 0.5) is 0 Å². The van der Waals surface area contributed by atoms with Gasteiger partial charge in [0.15, 0.2) is 11.5 Å². The quantitative estimate of drug-likeness (QED) is 0.575. The lowest BCUT2D eigenvalue weighted by atomic mass is 10.2. The molecule has 1 aromatic carbocycles. The van der Waals surface area contributed by atoms with Crippen LogP contribution < -0.4 is 19.9 Å². The van der Waals surface area contributed by atoms with Gasteiger partial charge >= 0.3 is 5.97 Å². The zero-order valence-electron chi connectivity index (χ0n) is 12.1. The van der Waals surface area contributed by atoms with E-state index in [1.165, 1.54) is 7.11 Å². The molecule has 0 unspecified atom stereocenters. The predicted octanol–water partition coefficient (Wildman–Crippen LogP) is 1.49. The minimum absolute atomic E-state index is 0.258. The van der Waals surface area contributed by atoms with Crippen molar-refractivity contribution in [1.29, 1.82) is 0 Å². The second kappa shape index (κ2) is 8.27. The summed E-state index contributed by atoms with van der Waals surface area (Å²) in [5.41, 5.74) is 6.50. The van der Waals surface area contributed by atoms with E-state index in [1.807, 2.05) is 0 Å². The minimum atomic E-state index is -0.258. The van der Waals surface area contributed by atoms with Gasteiger partial charge in [-0.25, -0.2) is 0 Å². The smallest absolute Gasteiger partial charge is 0.305 e. The van der Waals surface area contributed by atoms with Crippen LogP contribution in [0.2, 0.25) is 0 Å². The molecule has 0 aliphatic carbocycles. The van der Waals surface area contributed by atoms with E-state index in [2.05, 4.69) is 4.74 Å². The van der Waals surface area contributed by atoms with Crippen molar-refractivity contribution in [2.24, 2.45) is 5.73 Å². The van der Waals surface area contributed by atoms with Gasteiger partial charge in [0.05, 0.1) is 27.9 Å². The SMILES string of the molecule is COC(=O)CCCOc1c(OC)cc(CN)cc1OC. The average Bonchev–Trinajstić information content (AvgIpc) is 2.50. The summed E-state index contributed by atoms with van der Waals surface area (Å²) < 4.78 is 20.8. The summed E-state index contributed by atoms with van der Waals surface area (Å²) in [4.78, 5) is 11.0. The van der Waals surface area contributed by atoms with Gasteiger partial charge < -0.3 is 24.7 Å². The lowest BCUT2D eigenvalue weighted by Gasteiger charge is -2.15. The fourth-order valence-corrected chi connectivity index (χ4v) is 1.69. The Balaban J connectivity index is 2.74. The second-order valence-electron chi connectivity index (χ2n) is 4.06. The van der Waals surface area contributed by atoms with E-state index in [4.69, 9.17) is 19.9 Å². The average molecular weight is 283 g/mol. The highest BCUT2D eigenvalue weighted by molar-refractivity contribution is 5.69. The Hall–Kier alpha value is -1.95. The van der Waals surface area contributed by atoms with Crippen LogP contribution in [0.3, 0.4) is 0 Å². The number of methoxy groups -OCH3 is 3. The Labute approximate surface area is 118 Å². The predicted molar refractivity (Wildman–Crippen MR) is 74.2 cm³/mol. The van der Waals surface area contributed by atoms with E-state index >= 15 is 0 Å². The van der Waals surface area contributed by atoms with Crippen molar-refractivity contribution < 1.29 is 23.7 Å². The first-order chi connectivity index (χ1) is 9.65. The molecule has 0 saturated carbocycles. The Bertz CT molecular complexity index is 422. The van der Waals surface area contributed by atoms with Crippen LogP contribution in [-0.4, -0.2) is 33.9 Å². The van der Waals surface area contributed by atoms with Gasteiger partial charge in [-0.1, -0.05) is 0 Å². The van der Waals surface area contributed by atoms with Crippen LogP contribution in [0.5, 0.6) is 17.2 Å². The van der Waals surface area contributed by atoms with Gasteiger partial charge in [0.1, 0.15) is 0 Å². The molecule has 2 N–H and O–H groups in total. The Kier molecular flexibility index (Phi) is 6.66. The van der Waals surface area contributed by atoms with Gasteiger partial charge in [0.2, 0.25) is 5.75 Å². The van der Waals surface area contributed by atoms with Gasteiger partial charge in [0.25, 0.3) is 0 Å². The first kappa shape index (κ1) is 16.1. The van der Waals surface area contributed by atoms with Crippen LogP contribution in [-0.2, 0) is 16.1 Å². The van der Waals surface area contributed by atoms with Crippen LogP contribution in [0.15, 0.2) is 12.1 Å². The van der Waals surface area contributed by atoms with E-state index in [-0.39, 0.29) is 5.97 Å². The van der Waals surface area contributed by atoms with E-state index in [9.17, 15) is 4.79 Å². The number of esters is 1. The Morgan fingerprint density at radius 3 is 2.20 bits per heavy atom. The summed E-state index contributed by atoms with van der Waals surface area (Å²) in [6.07, 6.45) is 0.861. The van der Waals surface area contributed by atoms with Crippen molar-refractivity contribution in [3.63, 3.8) is 0 Å². The van der Waals surface area contributed by atoms with Gasteiger partial charge in [-0.3, -0.25) is 4.79 Å². The van der Waals surface area contributed by atoms with E-state index < -0.39 is 0 Å². The molecule has 0 fully saturated rings. The third kappa shape index (κ3) is 4.31. The highest BCUT2D eigenvalue weighted by atomic mass is 16.5. The molecule has 0 aromatic heterocycles. The number of ether oxygens (including phenoxy) is 4. The molecule has 0 atom stereocenters. The first-order valence-corrected chi connectivity index (χ1v) is 6.30. The largest absolute Gasteiger partial charge is 0.493 e. The minimum Gasteiger partial charge on any atom is -0.493 e. The summed E-state index contributed by atoms with van der Waals surface area (Å²) >= 11 is 0. The topological polar surface area (TPSA) is 80.0 Å². The number of carbonyl (C=O) groups excluding carboxylic acids is 1. The van der Waals surface area contributed by atoms with Gasteiger partial charge in [-0.2, -0.15) is 0 Å². The van der Waals surface area contributed by atoms with Crippen molar-refractivity contribution in [1.82, 2.24) is 0 Å². The summed E-state index contributed by atoms with van der Waals surface area (Å²) in [6, 6.07) is 3.61. The zero-order valence-corrected chi connectivity index (χ0v) is 12.1. The van der Waals surface area contributed by atoms with E-state index in [1.54, 1.807) is 26.4 Å². The lowest BCUT2D eigenvalue weighted by molar-refractivity contribution is -0.140. The molecule has 0 aliphatic rings. The number of nitrogens with two attached hydrogens (primary N) is 1. The number of hydrogen-bond acceptors (Lipinski definition) is 6. The number of rotatable bonds is 8. The third-order valence-electron chi connectivity index (χ3n) is 2.76. The molecule has 0 saturated heterocycles. The molecule has 6 nitrogen and oxygen atoms in total. The van der Waals surface area contributed by atoms with Crippen LogP contribution >= 0.6 is 0 Å². The maximum atomic E-state index is 11.0. The monoisotopic (exact) mass is 283 g/mol. The maximum Gasteiger partial charge on any atom is 0.305 e. The zero-order chi connectivity index (χ0) is 15.0. The first-order valence-electron chi connectivity index (χ1n) is 6.30. The van der Waals surface area contributed by atoms with Crippen molar-refractivity contribution >= 4 is 5.97 Å². The van der Waals surface area contributed by atoms with Crippen molar-refractivity contribution in [2.75, 3.05) is 27.9 Å². The summed E-state index contributed by atoms with van der Waals surface area (Å²) in [5.74, 6) is 1.37. The Morgan fingerprint density at radius 2 is 1.75 bits per heavy atom. The van der Waals surface area contributed by atoms with Crippen LogP contribution in [0, 0.1) is 0 Å². The summed E-state index contributed by atoms with van der Waals surface area (Å²) in [7, 11) is 4.47. The third-order valence-corrected chi connectivity index (χ3v) is 2.76. The standard InChI is InChI=1S/C14H21NO5/c1-17-11-7-10(9-15)8-12(18-2)14(11)20-6-4-5-13(16)19-3/h7-8H,4-6,9,15H2,1-3H3. The van der Waals surface area contributed by atoms with Gasteiger partial charge in [0, 0.05) is 13.0 Å². The fourth-order valence-electron chi connectivity index (χ4n) is 1.69. The molecule has 0 spiro atoms. The molecular formula is C14H21NO5. The van der Waals surface area contributed by atoms with Crippen LogP contribution in [0.1, 0.15) is 18.4 Å². The highest BCUT2D eigenvalue weighted by Crippen LogP contribution is 2.38. The fraction of sp³-hybridized carbons (Fsp3) is 0.500. The van der Waals surface area contributed by atoms with Gasteiger partial charge in [-0.15, -0.1) is 0 Å². The van der Waals surface area contributed by atoms with Crippen LogP contribution in [0.25, 0.3) is 0 Å². The van der Waals surface area contributed by atoms with Gasteiger partial charge in [-0.05, 0) is 24.1 Å². The molecular weight excluding hydrogens is 262 g/mol. The van der Waals surface area contributed by atoms with Crippen molar-refractivity contribution in [3.05, 3.63) is 17.7 Å². The molecule has 0 aliphatic heterocycles. The lowest BCUT2D eigenvalue weighted by Crippen LogP contribution is -2.07. The molecule has 1 rings (SSSR count). The summed E-state index contributed by atoms with van der Waals surface area (Å²) in [5, 5.41) is 0. The molecule has 0 bridgehead atoms. The summed E-state index contributed by atoms with van der Waals surface area (Å²) in [6.45, 7) is 0.749. The maximum absolute atomic E-state index is 11.0. The highest BCUT2D eigenvalue weighted by Gasteiger charge is 2.14. The Morgan fingerprint density at radius 1 is 1.15 bits per heavy atom. The molecule has 0 radical (unpaired) electrons. The second-order valence-corrected chi connectivity index (χ2v) is 4.06. The molecule has 0 heterocycles. The van der Waals surface area contributed by atoms with Crippen molar-refractivity contribution in [2.45, 2.75) is 19.4 Å². The molecule has 20 heavy (non-hydrogen) atoms. The van der Waals surface area contributed by atoms with Crippen molar-refractivity contribution in [3.8, 4) is 17.2 Å². The van der Waals surface area contributed by atoms with E-state index in [0.717, 1.165) is 5.56 Å². The normalized spacial score (nSPS) is 10.0. The molecule has 6 heteroatoms. The number of carbonyl (C=O) groups is 1. The molecule has 0 amide bonds. The number of hydrogen-bond donors (Lipinski definition) is 1. The molecule has 112 valence electrons. The number of benzene rings is 1. The van der Waals surface area contributed by atoms with E-state index in [0.29, 0.717) is 43.2 Å². The molecule has 1 aromatic rings.